The van der Waals surface area contributed by atoms with Crippen LogP contribution in [0.1, 0.15) is 38.8 Å². The molecule has 0 aromatic heterocycles. The molecule has 0 fully saturated rings. The van der Waals surface area contributed by atoms with E-state index in [2.05, 4.69) is 10.7 Å². The van der Waals surface area contributed by atoms with Gasteiger partial charge in [0.1, 0.15) is 0 Å². The van der Waals surface area contributed by atoms with Gasteiger partial charge >= 0.3 is 12.2 Å². The van der Waals surface area contributed by atoms with Crippen molar-refractivity contribution in [2.75, 3.05) is 5.32 Å². The number of benzene rings is 2. The molecule has 1 heterocycles. The summed E-state index contributed by atoms with van der Waals surface area (Å²) in [5, 5.41) is 4.28. The number of rotatable bonds is 5. The van der Waals surface area contributed by atoms with Crippen LogP contribution in [0.4, 0.5) is 15.3 Å². The molecule has 2 aromatic carbocycles. The molecule has 32 heavy (non-hydrogen) atoms. The molecule has 2 aromatic rings. The maximum atomic E-state index is 13.5. The SMILES string of the molecule is CC(C)OC(=O)NN(C(=O)OC(C)C)[C@]1(Cc2ccc(Cl)cc2)C(=O)Nc2ccccc21. The standard InChI is InChI=1S/C23H26ClN3O5/c1-14(2)31-21(29)26-27(22(30)32-15(3)4)23(13-16-9-11-17(24)12-10-16)18-7-5-6-8-19(18)25-20(23)28/h5-12,14-15H,13H2,1-4H3,(H,25,28)(H,26,29)/t23-/m0/s1. The number of anilines is 1. The molecule has 9 heteroatoms. The monoisotopic (exact) mass is 459 g/mol. The third kappa shape index (κ3) is 4.80. The molecule has 0 bridgehead atoms. The van der Waals surface area contributed by atoms with E-state index in [0.717, 1.165) is 10.6 Å². The van der Waals surface area contributed by atoms with Crippen molar-refractivity contribution >= 4 is 35.4 Å². The topological polar surface area (TPSA) is 97.0 Å². The van der Waals surface area contributed by atoms with Crippen LogP contribution < -0.4 is 10.7 Å². The van der Waals surface area contributed by atoms with E-state index in [1.165, 1.54) is 0 Å². The van der Waals surface area contributed by atoms with E-state index in [-0.39, 0.29) is 6.42 Å². The number of hydrazine groups is 1. The Morgan fingerprint density at radius 1 is 1.03 bits per heavy atom. The minimum absolute atomic E-state index is 0.0577. The molecule has 0 aliphatic carbocycles. The van der Waals surface area contributed by atoms with Crippen molar-refractivity contribution in [1.29, 1.82) is 0 Å². The Labute approximate surface area is 191 Å². The first-order valence-electron chi connectivity index (χ1n) is 10.3. The number of para-hydroxylation sites is 1. The van der Waals surface area contributed by atoms with Crippen LogP contribution in [0.5, 0.6) is 0 Å². The van der Waals surface area contributed by atoms with E-state index < -0.39 is 35.8 Å². The Kier molecular flexibility index (Phi) is 6.93. The number of nitrogens with zero attached hydrogens (tertiary/aromatic N) is 1. The van der Waals surface area contributed by atoms with E-state index in [0.29, 0.717) is 16.3 Å². The lowest BCUT2D eigenvalue weighted by molar-refractivity contribution is -0.129. The molecule has 3 amide bonds. The van der Waals surface area contributed by atoms with Crippen LogP contribution in [0.3, 0.4) is 0 Å². The van der Waals surface area contributed by atoms with Crippen molar-refractivity contribution in [3.05, 3.63) is 64.7 Å². The molecule has 0 saturated heterocycles. The third-order valence-electron chi connectivity index (χ3n) is 4.82. The summed E-state index contributed by atoms with van der Waals surface area (Å²) in [6, 6.07) is 13.9. The lowest BCUT2D eigenvalue weighted by atomic mass is 9.84. The summed E-state index contributed by atoms with van der Waals surface area (Å²) in [4.78, 5) is 39.2. The van der Waals surface area contributed by atoms with Gasteiger partial charge in [0.05, 0.1) is 12.2 Å². The zero-order valence-electron chi connectivity index (χ0n) is 18.3. The van der Waals surface area contributed by atoms with Crippen LogP contribution in [-0.4, -0.2) is 35.3 Å². The Morgan fingerprint density at radius 2 is 1.66 bits per heavy atom. The van der Waals surface area contributed by atoms with Gasteiger partial charge in [-0.05, 0) is 51.5 Å². The van der Waals surface area contributed by atoms with Crippen LogP contribution in [0.25, 0.3) is 0 Å². The number of nitrogens with one attached hydrogen (secondary N) is 2. The number of carbonyl (C=O) groups is 3. The molecular weight excluding hydrogens is 434 g/mol. The lowest BCUT2D eigenvalue weighted by Gasteiger charge is -2.38. The maximum Gasteiger partial charge on any atom is 0.430 e. The molecule has 0 saturated carbocycles. The number of halogens is 1. The number of fused-ring (bicyclic) bond motifs is 1. The lowest BCUT2D eigenvalue weighted by Crippen LogP contribution is -2.62. The van der Waals surface area contributed by atoms with E-state index in [1.54, 1.807) is 76.2 Å². The molecule has 170 valence electrons. The highest BCUT2D eigenvalue weighted by atomic mass is 35.5. The van der Waals surface area contributed by atoms with Crippen molar-refractivity contribution < 1.29 is 23.9 Å². The van der Waals surface area contributed by atoms with Crippen molar-refractivity contribution in [1.82, 2.24) is 10.4 Å². The Morgan fingerprint density at radius 3 is 2.28 bits per heavy atom. The maximum absolute atomic E-state index is 13.5. The Hall–Kier alpha value is -3.26. The minimum Gasteiger partial charge on any atom is -0.446 e. The van der Waals surface area contributed by atoms with Crippen LogP contribution in [-0.2, 0) is 26.2 Å². The van der Waals surface area contributed by atoms with E-state index >= 15 is 0 Å². The molecule has 1 atom stereocenters. The van der Waals surface area contributed by atoms with Crippen molar-refractivity contribution in [2.24, 2.45) is 0 Å². The normalized spacial score (nSPS) is 17.0. The molecule has 1 aliphatic rings. The average molecular weight is 460 g/mol. The zero-order chi connectivity index (χ0) is 23.5. The molecule has 0 unspecified atom stereocenters. The van der Waals surface area contributed by atoms with Gasteiger partial charge in [0, 0.05) is 22.7 Å². The fraction of sp³-hybridized carbons (Fsp3) is 0.348. The van der Waals surface area contributed by atoms with Gasteiger partial charge in [-0.15, -0.1) is 0 Å². The fourth-order valence-corrected chi connectivity index (χ4v) is 3.68. The Bertz CT molecular complexity index is 1010. The van der Waals surface area contributed by atoms with Gasteiger partial charge in [-0.1, -0.05) is 41.9 Å². The summed E-state index contributed by atoms with van der Waals surface area (Å²) >= 11 is 6.02. The second-order valence-electron chi connectivity index (χ2n) is 8.00. The van der Waals surface area contributed by atoms with Gasteiger partial charge in [-0.25, -0.2) is 15.0 Å². The fourth-order valence-electron chi connectivity index (χ4n) is 3.56. The molecule has 0 radical (unpaired) electrons. The van der Waals surface area contributed by atoms with Gasteiger partial charge in [0.25, 0.3) is 5.91 Å². The van der Waals surface area contributed by atoms with Gasteiger partial charge in [0.2, 0.25) is 0 Å². The summed E-state index contributed by atoms with van der Waals surface area (Å²) in [6.45, 7) is 6.71. The summed E-state index contributed by atoms with van der Waals surface area (Å²) in [6.07, 6.45) is -2.63. The summed E-state index contributed by atoms with van der Waals surface area (Å²) < 4.78 is 10.6. The third-order valence-corrected chi connectivity index (χ3v) is 5.07. The highest BCUT2D eigenvalue weighted by molar-refractivity contribution is 6.30. The molecule has 8 nitrogen and oxygen atoms in total. The highest BCUT2D eigenvalue weighted by Crippen LogP contribution is 2.42. The number of hydrogen-bond acceptors (Lipinski definition) is 5. The second-order valence-corrected chi connectivity index (χ2v) is 8.43. The minimum atomic E-state index is -1.62. The second kappa shape index (κ2) is 9.48. The molecular formula is C23H26ClN3O5. The quantitative estimate of drug-likeness (QED) is 0.635. The van der Waals surface area contributed by atoms with E-state index in [1.807, 2.05) is 0 Å². The van der Waals surface area contributed by atoms with Crippen LogP contribution in [0.2, 0.25) is 5.02 Å². The largest absolute Gasteiger partial charge is 0.446 e. The first-order valence-corrected chi connectivity index (χ1v) is 10.6. The predicted octanol–water partition coefficient (Wildman–Crippen LogP) is 4.63. The number of carbonyl (C=O) groups excluding carboxylic acids is 3. The Balaban J connectivity index is 2.15. The smallest absolute Gasteiger partial charge is 0.430 e. The van der Waals surface area contributed by atoms with E-state index in [4.69, 9.17) is 21.1 Å². The van der Waals surface area contributed by atoms with Crippen molar-refractivity contribution in [3.8, 4) is 0 Å². The summed E-state index contributed by atoms with van der Waals surface area (Å²) in [5.41, 5.74) is 2.61. The number of amides is 3. The van der Waals surface area contributed by atoms with Crippen molar-refractivity contribution in [2.45, 2.75) is 51.9 Å². The van der Waals surface area contributed by atoms with Gasteiger partial charge in [-0.3, -0.25) is 4.79 Å². The van der Waals surface area contributed by atoms with Gasteiger partial charge < -0.3 is 14.8 Å². The predicted molar refractivity (Wildman–Crippen MR) is 120 cm³/mol. The summed E-state index contributed by atoms with van der Waals surface area (Å²) in [7, 11) is 0. The van der Waals surface area contributed by atoms with Gasteiger partial charge in [-0.2, -0.15) is 5.01 Å². The highest BCUT2D eigenvalue weighted by Gasteiger charge is 2.55. The van der Waals surface area contributed by atoms with Gasteiger partial charge in [0.15, 0.2) is 5.54 Å². The first kappa shape index (κ1) is 23.4. The average Bonchev–Trinajstić information content (AvgIpc) is 2.99. The van der Waals surface area contributed by atoms with Crippen LogP contribution in [0.15, 0.2) is 48.5 Å². The van der Waals surface area contributed by atoms with Crippen LogP contribution >= 0.6 is 11.6 Å². The number of ether oxygens (including phenoxy) is 2. The summed E-state index contributed by atoms with van der Waals surface area (Å²) in [5.74, 6) is -0.487. The first-order chi connectivity index (χ1) is 15.1. The molecule has 2 N–H and O–H groups in total. The van der Waals surface area contributed by atoms with E-state index in [9.17, 15) is 14.4 Å². The van der Waals surface area contributed by atoms with Crippen molar-refractivity contribution in [3.63, 3.8) is 0 Å². The van der Waals surface area contributed by atoms with Crippen LogP contribution in [0, 0.1) is 0 Å². The zero-order valence-corrected chi connectivity index (χ0v) is 19.1. The number of hydrogen-bond donors (Lipinski definition) is 2. The molecule has 3 rings (SSSR count). The molecule has 1 aliphatic heterocycles. The molecule has 0 spiro atoms.